The summed E-state index contributed by atoms with van der Waals surface area (Å²) in [5.41, 5.74) is 2.14. The number of fused-ring (bicyclic) bond motifs is 2. The van der Waals surface area contributed by atoms with E-state index in [4.69, 9.17) is 4.74 Å². The maximum absolute atomic E-state index is 6.43. The van der Waals surface area contributed by atoms with Crippen LogP contribution < -0.4 is 0 Å². The Hall–Kier alpha value is -0.470. The highest BCUT2D eigenvalue weighted by Crippen LogP contribution is 2.66. The molecule has 0 amide bonds. The first-order chi connectivity index (χ1) is 9.99. The minimum atomic E-state index is 0.357. The fraction of sp³-hybridized carbons (Fsp3) is 0.684. The van der Waals surface area contributed by atoms with Crippen LogP contribution in [0, 0.1) is 16.7 Å². The van der Waals surface area contributed by atoms with Crippen LogP contribution in [0.15, 0.2) is 30.3 Å². The summed E-state index contributed by atoms with van der Waals surface area (Å²) < 4.78 is 6.43. The number of ether oxygens (including phenoxy) is 1. The van der Waals surface area contributed by atoms with Gasteiger partial charge in [0, 0.05) is 5.92 Å². The minimum Gasteiger partial charge on any atom is -0.377 e. The lowest BCUT2D eigenvalue weighted by molar-refractivity contribution is -0.0498. The molecule has 0 spiro atoms. The van der Waals surface area contributed by atoms with Crippen molar-refractivity contribution in [2.24, 2.45) is 16.7 Å². The molecule has 0 aliphatic heterocycles. The highest BCUT2D eigenvalue weighted by molar-refractivity contribution is 7.80. The molecule has 4 unspecified atom stereocenters. The van der Waals surface area contributed by atoms with Crippen LogP contribution in [-0.4, -0.2) is 18.5 Å². The van der Waals surface area contributed by atoms with Crippen molar-refractivity contribution >= 4 is 12.6 Å². The molecule has 0 N–H and O–H groups in total. The van der Waals surface area contributed by atoms with Gasteiger partial charge in [-0.1, -0.05) is 51.1 Å². The van der Waals surface area contributed by atoms with E-state index in [2.05, 4.69) is 63.7 Å². The summed E-state index contributed by atoms with van der Waals surface area (Å²) >= 11 is 4.53. The molecule has 2 aliphatic carbocycles. The molecule has 2 fully saturated rings. The molecule has 21 heavy (non-hydrogen) atoms. The molecular formula is C19H28OS. The predicted octanol–water partition coefficient (Wildman–Crippen LogP) is 4.93. The lowest BCUT2D eigenvalue weighted by Crippen LogP contribution is -2.37. The molecule has 116 valence electrons. The van der Waals surface area contributed by atoms with Crippen molar-refractivity contribution in [3.05, 3.63) is 35.9 Å². The molecule has 4 atom stereocenters. The summed E-state index contributed by atoms with van der Waals surface area (Å²) in [5, 5.41) is 0. The van der Waals surface area contributed by atoms with E-state index in [1.807, 2.05) is 0 Å². The molecule has 1 aromatic carbocycles. The summed E-state index contributed by atoms with van der Waals surface area (Å²) in [6.45, 7) is 8.14. The van der Waals surface area contributed by atoms with Gasteiger partial charge in [0.1, 0.15) is 0 Å². The molecule has 2 bridgehead atoms. The largest absolute Gasteiger partial charge is 0.377 e. The summed E-state index contributed by atoms with van der Waals surface area (Å²) in [7, 11) is 0. The molecule has 1 nitrogen and oxygen atoms in total. The average Bonchev–Trinajstić information content (AvgIpc) is 2.82. The third-order valence-corrected chi connectivity index (χ3v) is 7.14. The Kier molecular flexibility index (Phi) is 4.13. The van der Waals surface area contributed by atoms with E-state index in [1.54, 1.807) is 0 Å². The summed E-state index contributed by atoms with van der Waals surface area (Å²) in [4.78, 5) is 0. The molecule has 0 saturated heterocycles. The molecule has 2 saturated carbocycles. The van der Waals surface area contributed by atoms with Gasteiger partial charge in [-0.25, -0.2) is 0 Å². The standard InChI is InChI=1S/C19H28OS/c1-18(2)16-9-10-19(18,3)17(11-16)20-12-15(13-21)14-7-5-4-6-8-14/h4-8,15-17,21H,9-13H2,1-3H3. The van der Waals surface area contributed by atoms with Gasteiger partial charge in [-0.2, -0.15) is 12.6 Å². The minimum absolute atomic E-state index is 0.357. The molecule has 3 rings (SSSR count). The van der Waals surface area contributed by atoms with Gasteiger partial charge in [-0.3, -0.25) is 0 Å². The van der Waals surface area contributed by atoms with Gasteiger partial charge in [-0.15, -0.1) is 0 Å². The topological polar surface area (TPSA) is 9.23 Å². The van der Waals surface area contributed by atoms with Crippen molar-refractivity contribution in [1.82, 2.24) is 0 Å². The van der Waals surface area contributed by atoms with Crippen LogP contribution >= 0.6 is 12.6 Å². The second-order valence-electron chi connectivity index (χ2n) is 7.72. The fourth-order valence-corrected chi connectivity index (χ4v) is 4.91. The third-order valence-electron chi connectivity index (χ3n) is 6.70. The van der Waals surface area contributed by atoms with Gasteiger partial charge < -0.3 is 4.74 Å². The Balaban J connectivity index is 1.66. The van der Waals surface area contributed by atoms with Crippen LogP contribution in [-0.2, 0) is 4.74 Å². The van der Waals surface area contributed by atoms with Crippen LogP contribution in [0.2, 0.25) is 0 Å². The zero-order valence-electron chi connectivity index (χ0n) is 13.5. The summed E-state index contributed by atoms with van der Waals surface area (Å²) in [5.74, 6) is 2.10. The number of thiol groups is 1. The van der Waals surface area contributed by atoms with Crippen molar-refractivity contribution in [3.8, 4) is 0 Å². The van der Waals surface area contributed by atoms with Gasteiger partial charge in [0.05, 0.1) is 12.7 Å². The SMILES string of the molecule is CC1(C)C2CCC1(C)C(OCC(CS)c1ccccc1)C2. The zero-order chi connectivity index (χ0) is 15.1. The van der Waals surface area contributed by atoms with E-state index in [1.165, 1.54) is 24.8 Å². The highest BCUT2D eigenvalue weighted by atomic mass is 32.1. The van der Waals surface area contributed by atoms with Crippen molar-refractivity contribution < 1.29 is 4.74 Å². The average molecular weight is 304 g/mol. The van der Waals surface area contributed by atoms with Crippen LogP contribution in [0.25, 0.3) is 0 Å². The van der Waals surface area contributed by atoms with E-state index in [0.717, 1.165) is 18.3 Å². The molecule has 0 heterocycles. The zero-order valence-corrected chi connectivity index (χ0v) is 14.4. The Labute approximate surface area is 134 Å². The highest BCUT2D eigenvalue weighted by Gasteiger charge is 2.61. The number of benzene rings is 1. The van der Waals surface area contributed by atoms with Gasteiger partial charge >= 0.3 is 0 Å². The Bertz CT molecular complexity index is 484. The molecule has 2 aliphatic rings. The maximum Gasteiger partial charge on any atom is 0.0637 e. The first-order valence-electron chi connectivity index (χ1n) is 8.26. The maximum atomic E-state index is 6.43. The van der Waals surface area contributed by atoms with Gasteiger partial charge in [0.2, 0.25) is 0 Å². The smallest absolute Gasteiger partial charge is 0.0637 e. The van der Waals surface area contributed by atoms with Crippen molar-refractivity contribution in [3.63, 3.8) is 0 Å². The van der Waals surface area contributed by atoms with Crippen LogP contribution in [0.4, 0.5) is 0 Å². The van der Waals surface area contributed by atoms with Crippen molar-refractivity contribution in [2.45, 2.75) is 52.1 Å². The Morgan fingerprint density at radius 2 is 1.95 bits per heavy atom. The quantitative estimate of drug-likeness (QED) is 0.759. The Morgan fingerprint density at radius 3 is 2.48 bits per heavy atom. The van der Waals surface area contributed by atoms with Crippen LogP contribution in [0.1, 0.15) is 51.5 Å². The fourth-order valence-electron chi connectivity index (χ4n) is 4.59. The lowest BCUT2D eigenvalue weighted by atomic mass is 9.70. The first-order valence-corrected chi connectivity index (χ1v) is 8.89. The second-order valence-corrected chi connectivity index (χ2v) is 8.09. The molecule has 0 radical (unpaired) electrons. The number of rotatable bonds is 5. The van der Waals surface area contributed by atoms with Crippen LogP contribution in [0.5, 0.6) is 0 Å². The summed E-state index contributed by atoms with van der Waals surface area (Å²) in [6.07, 6.45) is 4.39. The molecule has 0 aromatic heterocycles. The number of hydrogen-bond acceptors (Lipinski definition) is 2. The monoisotopic (exact) mass is 304 g/mol. The van der Waals surface area contributed by atoms with Gasteiger partial charge in [0.15, 0.2) is 0 Å². The van der Waals surface area contributed by atoms with E-state index in [0.29, 0.717) is 22.9 Å². The van der Waals surface area contributed by atoms with Crippen molar-refractivity contribution in [1.29, 1.82) is 0 Å². The normalized spacial score (nSPS) is 35.0. The van der Waals surface area contributed by atoms with E-state index in [-0.39, 0.29) is 0 Å². The molecule has 1 aromatic rings. The van der Waals surface area contributed by atoms with Gasteiger partial charge in [0.25, 0.3) is 0 Å². The van der Waals surface area contributed by atoms with E-state index in [9.17, 15) is 0 Å². The summed E-state index contributed by atoms with van der Waals surface area (Å²) in [6, 6.07) is 10.7. The van der Waals surface area contributed by atoms with Crippen LogP contribution in [0.3, 0.4) is 0 Å². The van der Waals surface area contributed by atoms with Gasteiger partial charge in [-0.05, 0) is 47.3 Å². The van der Waals surface area contributed by atoms with E-state index < -0.39 is 0 Å². The molecular weight excluding hydrogens is 276 g/mol. The second kappa shape index (κ2) is 5.62. The molecule has 2 heteroatoms. The van der Waals surface area contributed by atoms with E-state index >= 15 is 0 Å². The number of hydrogen-bond donors (Lipinski definition) is 1. The predicted molar refractivity (Wildman–Crippen MR) is 92.0 cm³/mol. The first kappa shape index (κ1) is 15.4. The third kappa shape index (κ3) is 2.45. The van der Waals surface area contributed by atoms with Crippen molar-refractivity contribution in [2.75, 3.05) is 12.4 Å². The Morgan fingerprint density at radius 1 is 1.24 bits per heavy atom. The lowest BCUT2D eigenvalue weighted by Gasteiger charge is -2.39.